The highest BCUT2D eigenvalue weighted by Gasteiger charge is 2.50. The molecule has 11 heteroatoms. The summed E-state index contributed by atoms with van der Waals surface area (Å²) in [7, 11) is 0. The van der Waals surface area contributed by atoms with Crippen LogP contribution >= 0.6 is 0 Å². The molecule has 2 aliphatic heterocycles. The summed E-state index contributed by atoms with van der Waals surface area (Å²) >= 11 is 0. The van der Waals surface area contributed by atoms with Crippen LogP contribution in [0, 0.1) is 0 Å². The predicted molar refractivity (Wildman–Crippen MR) is 89.2 cm³/mol. The van der Waals surface area contributed by atoms with Gasteiger partial charge in [0.25, 0.3) is 0 Å². The smallest absolute Gasteiger partial charge is 0.187 e. The maximum atomic E-state index is 10.4. The Balaban J connectivity index is 2.18. The minimum Gasteiger partial charge on any atom is -0.394 e. The van der Waals surface area contributed by atoms with E-state index in [1.54, 1.807) is 20.8 Å². The van der Waals surface area contributed by atoms with Crippen molar-refractivity contribution in [3.8, 4) is 0 Å². The normalized spacial score (nSPS) is 46.4. The van der Waals surface area contributed by atoms with Crippen molar-refractivity contribution < 1.29 is 49.6 Å². The molecule has 160 valence electrons. The van der Waals surface area contributed by atoms with Gasteiger partial charge >= 0.3 is 0 Å². The highest BCUT2D eigenvalue weighted by atomic mass is 16.7. The van der Waals surface area contributed by atoms with Gasteiger partial charge in [-0.25, -0.2) is 0 Å². The Morgan fingerprint density at radius 3 is 1.85 bits per heavy atom. The Labute approximate surface area is 157 Å². The van der Waals surface area contributed by atoms with Gasteiger partial charge in [0.05, 0.1) is 24.9 Å². The van der Waals surface area contributed by atoms with Crippen LogP contribution in [-0.4, -0.2) is 111 Å². The van der Waals surface area contributed by atoms with Crippen molar-refractivity contribution in [2.75, 3.05) is 13.2 Å². The lowest BCUT2D eigenvalue weighted by atomic mass is 9.96. The molecule has 0 bridgehead atoms. The molecule has 0 aromatic carbocycles. The summed E-state index contributed by atoms with van der Waals surface area (Å²) in [5, 5.41) is 59.0. The lowest BCUT2D eigenvalue weighted by molar-refractivity contribution is -0.348. The van der Waals surface area contributed by atoms with E-state index in [1.165, 1.54) is 0 Å². The molecule has 2 aliphatic rings. The second kappa shape index (κ2) is 8.93. The highest BCUT2D eigenvalue weighted by Crippen LogP contribution is 2.30. The van der Waals surface area contributed by atoms with Crippen LogP contribution in [0.15, 0.2) is 0 Å². The predicted octanol–water partition coefficient (Wildman–Crippen LogP) is -3.61. The number of aliphatic hydroxyl groups is 6. The lowest BCUT2D eigenvalue weighted by Gasteiger charge is -2.47. The van der Waals surface area contributed by atoms with Gasteiger partial charge in [0.2, 0.25) is 0 Å². The van der Waals surface area contributed by atoms with E-state index in [0.717, 1.165) is 0 Å². The molecule has 0 aromatic rings. The molecule has 2 saturated heterocycles. The summed E-state index contributed by atoms with van der Waals surface area (Å²) in [5.74, 6) is 0. The van der Waals surface area contributed by atoms with Crippen LogP contribution in [0.4, 0.5) is 0 Å². The zero-order valence-electron chi connectivity index (χ0n) is 15.6. The van der Waals surface area contributed by atoms with Crippen molar-refractivity contribution in [2.24, 2.45) is 5.73 Å². The Bertz CT molecular complexity index is 473. The van der Waals surface area contributed by atoms with Gasteiger partial charge < -0.3 is 55.3 Å². The summed E-state index contributed by atoms with van der Waals surface area (Å²) in [5.41, 5.74) is 5.47. The van der Waals surface area contributed by atoms with Crippen LogP contribution < -0.4 is 5.73 Å². The number of nitrogens with two attached hydrogens (primary N) is 1. The van der Waals surface area contributed by atoms with E-state index < -0.39 is 80.2 Å². The highest BCUT2D eigenvalue weighted by molar-refractivity contribution is 4.96. The van der Waals surface area contributed by atoms with Gasteiger partial charge in [-0.3, -0.25) is 0 Å². The Hall–Kier alpha value is -0.440. The lowest BCUT2D eigenvalue weighted by Crippen LogP contribution is -2.67. The fraction of sp³-hybridized carbons (Fsp3) is 1.00. The van der Waals surface area contributed by atoms with Crippen LogP contribution in [0.1, 0.15) is 20.8 Å². The molecule has 2 heterocycles. The van der Waals surface area contributed by atoms with Crippen LogP contribution in [-0.2, 0) is 18.9 Å². The number of aliphatic hydroxyl groups excluding tert-OH is 6. The molecule has 2 fully saturated rings. The van der Waals surface area contributed by atoms with Crippen molar-refractivity contribution in [3.63, 3.8) is 0 Å². The van der Waals surface area contributed by atoms with Crippen LogP contribution in [0.5, 0.6) is 0 Å². The molecule has 8 N–H and O–H groups in total. The SMILES string of the molecule is CC(C)(C)O[C@H]1OC(CO)C(O)[C@H](O[C@@H]2OC(CO)C(O)[C@H](O)C2O)C1N. The maximum absolute atomic E-state index is 10.4. The maximum Gasteiger partial charge on any atom is 0.187 e. The van der Waals surface area contributed by atoms with E-state index in [9.17, 15) is 30.6 Å². The zero-order valence-corrected chi connectivity index (χ0v) is 15.6. The van der Waals surface area contributed by atoms with Gasteiger partial charge in [-0.05, 0) is 20.8 Å². The Morgan fingerprint density at radius 1 is 0.815 bits per heavy atom. The molecule has 0 aromatic heterocycles. The van der Waals surface area contributed by atoms with Gasteiger partial charge in [-0.2, -0.15) is 0 Å². The number of hydrogen-bond donors (Lipinski definition) is 7. The van der Waals surface area contributed by atoms with Gasteiger partial charge in [0.1, 0.15) is 42.7 Å². The zero-order chi connectivity index (χ0) is 20.5. The fourth-order valence-corrected chi connectivity index (χ4v) is 3.05. The van der Waals surface area contributed by atoms with E-state index in [4.69, 9.17) is 24.7 Å². The molecule has 0 radical (unpaired) electrons. The molecule has 0 aliphatic carbocycles. The molecule has 11 nitrogen and oxygen atoms in total. The quantitative estimate of drug-likeness (QED) is 0.243. The van der Waals surface area contributed by atoms with Crippen LogP contribution in [0.25, 0.3) is 0 Å². The first-order valence-electron chi connectivity index (χ1n) is 8.84. The monoisotopic (exact) mass is 397 g/mol. The Kier molecular flexibility index (Phi) is 7.55. The standard InChI is InChI=1S/C16H31NO10/c1-16(2,3)27-14-8(17)13(10(21)7(5-19)24-14)26-15-12(23)11(22)9(20)6(4-18)25-15/h6-15,18-23H,4-5,17H2,1-3H3/t6?,7?,8?,9?,10?,11-,12?,13+,14+,15-/m0/s1. The molecule has 0 amide bonds. The first-order chi connectivity index (χ1) is 12.5. The van der Waals surface area contributed by atoms with Crippen molar-refractivity contribution >= 4 is 0 Å². The molecule has 27 heavy (non-hydrogen) atoms. The largest absolute Gasteiger partial charge is 0.394 e. The molecule has 2 rings (SSSR count). The van der Waals surface area contributed by atoms with Crippen LogP contribution in [0.3, 0.4) is 0 Å². The fourth-order valence-electron chi connectivity index (χ4n) is 3.05. The van der Waals surface area contributed by atoms with Crippen LogP contribution in [0.2, 0.25) is 0 Å². The average Bonchev–Trinajstić information content (AvgIpc) is 2.59. The van der Waals surface area contributed by atoms with E-state index in [1.807, 2.05) is 0 Å². The number of ether oxygens (including phenoxy) is 4. The summed E-state index contributed by atoms with van der Waals surface area (Å²) in [4.78, 5) is 0. The third-order valence-corrected chi connectivity index (χ3v) is 4.51. The minimum atomic E-state index is -1.65. The van der Waals surface area contributed by atoms with Crippen molar-refractivity contribution in [1.29, 1.82) is 0 Å². The summed E-state index contributed by atoms with van der Waals surface area (Å²) in [6.07, 6.45) is -12.1. The van der Waals surface area contributed by atoms with E-state index >= 15 is 0 Å². The molecule has 0 spiro atoms. The van der Waals surface area contributed by atoms with Gasteiger partial charge in [0.15, 0.2) is 12.6 Å². The van der Waals surface area contributed by atoms with Gasteiger partial charge in [-0.15, -0.1) is 0 Å². The van der Waals surface area contributed by atoms with E-state index in [2.05, 4.69) is 0 Å². The van der Waals surface area contributed by atoms with Gasteiger partial charge in [-0.1, -0.05) is 0 Å². The number of hydrogen-bond acceptors (Lipinski definition) is 11. The molecule has 10 atom stereocenters. The number of rotatable bonds is 5. The molecule has 6 unspecified atom stereocenters. The second-order valence-corrected chi connectivity index (χ2v) is 7.82. The van der Waals surface area contributed by atoms with Gasteiger partial charge in [0, 0.05) is 0 Å². The summed E-state index contributed by atoms with van der Waals surface area (Å²) in [6.45, 7) is 4.16. The first-order valence-corrected chi connectivity index (χ1v) is 8.84. The van der Waals surface area contributed by atoms with Crippen molar-refractivity contribution in [3.05, 3.63) is 0 Å². The first kappa shape index (κ1) is 22.8. The third-order valence-electron chi connectivity index (χ3n) is 4.51. The van der Waals surface area contributed by atoms with Crippen molar-refractivity contribution in [1.82, 2.24) is 0 Å². The topological polar surface area (TPSA) is 184 Å². The molecule has 0 saturated carbocycles. The Morgan fingerprint density at radius 2 is 1.33 bits per heavy atom. The van der Waals surface area contributed by atoms with Crippen molar-refractivity contribution in [2.45, 2.75) is 87.7 Å². The molecular weight excluding hydrogens is 366 g/mol. The minimum absolute atomic E-state index is 0.535. The third kappa shape index (κ3) is 5.14. The van der Waals surface area contributed by atoms with E-state index in [-0.39, 0.29) is 0 Å². The summed E-state index contributed by atoms with van der Waals surface area (Å²) < 4.78 is 22.1. The average molecular weight is 397 g/mol. The van der Waals surface area contributed by atoms with E-state index in [0.29, 0.717) is 0 Å². The molecular formula is C16H31NO10. The second-order valence-electron chi connectivity index (χ2n) is 7.82. The summed E-state index contributed by atoms with van der Waals surface area (Å²) in [6, 6.07) is -1.02.